The van der Waals surface area contributed by atoms with Crippen molar-refractivity contribution in [3.63, 3.8) is 0 Å². The lowest BCUT2D eigenvalue weighted by Gasteiger charge is -2.16. The summed E-state index contributed by atoms with van der Waals surface area (Å²) in [7, 11) is 0. The molecular formula is C10H20BrN. The van der Waals surface area contributed by atoms with Crippen molar-refractivity contribution in [3.05, 3.63) is 11.1 Å². The summed E-state index contributed by atoms with van der Waals surface area (Å²) in [4.78, 5) is 0. The molecule has 0 aromatic rings. The molecule has 0 saturated carbocycles. The van der Waals surface area contributed by atoms with Gasteiger partial charge < -0.3 is 5.32 Å². The van der Waals surface area contributed by atoms with E-state index in [0.29, 0.717) is 6.04 Å². The summed E-state index contributed by atoms with van der Waals surface area (Å²) in [6, 6.07) is 0.592. The van der Waals surface area contributed by atoms with Crippen molar-refractivity contribution in [3.8, 4) is 0 Å². The van der Waals surface area contributed by atoms with Crippen LogP contribution in [-0.2, 0) is 0 Å². The molecule has 12 heavy (non-hydrogen) atoms. The number of nitrogens with one attached hydrogen (secondary N) is 1. The molecule has 0 aromatic carbocycles. The minimum absolute atomic E-state index is 0.592. The molecule has 0 bridgehead atoms. The van der Waals surface area contributed by atoms with E-state index in [1.165, 1.54) is 12.8 Å². The Hall–Kier alpha value is 0.180. The molecule has 0 heterocycles. The van der Waals surface area contributed by atoms with Gasteiger partial charge in [-0.15, -0.1) is 0 Å². The Balaban J connectivity index is 3.45. The second-order valence-electron chi connectivity index (χ2n) is 3.55. The lowest BCUT2D eigenvalue weighted by atomic mass is 10.0. The van der Waals surface area contributed by atoms with E-state index in [4.69, 9.17) is 0 Å². The molecule has 0 aromatic heterocycles. The summed E-state index contributed by atoms with van der Waals surface area (Å²) in [6.45, 7) is 11.4. The minimum atomic E-state index is 0.592. The summed E-state index contributed by atoms with van der Waals surface area (Å²) in [6.07, 6.45) is 2.51. The van der Waals surface area contributed by atoms with Crippen LogP contribution in [0.4, 0.5) is 0 Å². The highest BCUT2D eigenvalue weighted by atomic mass is 79.9. The quantitative estimate of drug-likeness (QED) is 0.743. The molecular weight excluding hydrogens is 214 g/mol. The summed E-state index contributed by atoms with van der Waals surface area (Å²) < 4.78 is 1.03. The number of halogens is 1. The van der Waals surface area contributed by atoms with Gasteiger partial charge in [-0.1, -0.05) is 42.8 Å². The zero-order chi connectivity index (χ0) is 9.56. The lowest BCUT2D eigenvalue weighted by Crippen LogP contribution is -2.28. The third kappa shape index (κ3) is 6.86. The van der Waals surface area contributed by atoms with Crippen molar-refractivity contribution in [1.82, 2.24) is 5.32 Å². The van der Waals surface area contributed by atoms with E-state index in [2.05, 4.69) is 48.6 Å². The highest BCUT2D eigenvalue weighted by Gasteiger charge is 2.05. The molecule has 72 valence electrons. The second-order valence-corrected chi connectivity index (χ2v) is 4.67. The molecule has 2 unspecified atom stereocenters. The predicted molar refractivity (Wildman–Crippen MR) is 59.6 cm³/mol. The molecule has 1 nitrogen and oxygen atoms in total. The molecule has 0 rings (SSSR count). The fourth-order valence-corrected chi connectivity index (χ4v) is 1.30. The Labute approximate surface area is 84.8 Å². The normalized spacial score (nSPS) is 15.7. The van der Waals surface area contributed by atoms with Gasteiger partial charge in [0.15, 0.2) is 0 Å². The minimum Gasteiger partial charge on any atom is -0.310 e. The van der Waals surface area contributed by atoms with Crippen LogP contribution in [0.25, 0.3) is 0 Å². The van der Waals surface area contributed by atoms with Crippen LogP contribution in [0.15, 0.2) is 11.1 Å². The standard InChI is InChI=1S/C10H20BrN/c1-5-8(2)6-10(4)12-7-9(3)11/h8,10,12H,3,5-7H2,1-2,4H3. The molecule has 0 aliphatic carbocycles. The molecule has 0 spiro atoms. The van der Waals surface area contributed by atoms with Crippen LogP contribution in [0, 0.1) is 5.92 Å². The topological polar surface area (TPSA) is 12.0 Å². The van der Waals surface area contributed by atoms with E-state index in [9.17, 15) is 0 Å². The molecule has 0 aliphatic rings. The van der Waals surface area contributed by atoms with Crippen LogP contribution in [0.1, 0.15) is 33.6 Å². The molecule has 0 radical (unpaired) electrons. The maximum Gasteiger partial charge on any atom is 0.0268 e. The van der Waals surface area contributed by atoms with Crippen LogP contribution >= 0.6 is 15.9 Å². The van der Waals surface area contributed by atoms with E-state index in [0.717, 1.165) is 16.9 Å². The van der Waals surface area contributed by atoms with Gasteiger partial charge >= 0.3 is 0 Å². The zero-order valence-electron chi connectivity index (χ0n) is 8.36. The third-order valence-corrected chi connectivity index (χ3v) is 2.38. The zero-order valence-corrected chi connectivity index (χ0v) is 9.95. The Kier molecular flexibility index (Phi) is 6.77. The van der Waals surface area contributed by atoms with E-state index in [-0.39, 0.29) is 0 Å². The van der Waals surface area contributed by atoms with Gasteiger partial charge in [-0.25, -0.2) is 0 Å². The Morgan fingerprint density at radius 1 is 1.50 bits per heavy atom. The van der Waals surface area contributed by atoms with E-state index < -0.39 is 0 Å². The van der Waals surface area contributed by atoms with E-state index in [1.54, 1.807) is 0 Å². The van der Waals surface area contributed by atoms with Crippen LogP contribution in [0.3, 0.4) is 0 Å². The van der Waals surface area contributed by atoms with Crippen LogP contribution in [0.5, 0.6) is 0 Å². The van der Waals surface area contributed by atoms with Gasteiger partial charge in [0, 0.05) is 17.1 Å². The molecule has 0 fully saturated rings. The maximum atomic E-state index is 3.78. The Morgan fingerprint density at radius 2 is 2.08 bits per heavy atom. The van der Waals surface area contributed by atoms with Crippen molar-refractivity contribution in [2.45, 2.75) is 39.7 Å². The molecule has 0 saturated heterocycles. The van der Waals surface area contributed by atoms with Crippen LogP contribution in [-0.4, -0.2) is 12.6 Å². The highest BCUT2D eigenvalue weighted by molar-refractivity contribution is 9.11. The van der Waals surface area contributed by atoms with Crippen LogP contribution < -0.4 is 5.32 Å². The first-order valence-corrected chi connectivity index (χ1v) is 5.42. The summed E-state index contributed by atoms with van der Waals surface area (Å²) in [5, 5.41) is 3.40. The monoisotopic (exact) mass is 233 g/mol. The van der Waals surface area contributed by atoms with Crippen molar-refractivity contribution in [2.75, 3.05) is 6.54 Å². The first kappa shape index (κ1) is 12.2. The second kappa shape index (κ2) is 6.67. The Bertz CT molecular complexity index is 134. The van der Waals surface area contributed by atoms with Gasteiger partial charge in [-0.05, 0) is 19.3 Å². The summed E-state index contributed by atoms with van der Waals surface area (Å²) >= 11 is 3.33. The maximum absolute atomic E-state index is 3.78. The van der Waals surface area contributed by atoms with Gasteiger partial charge in [0.05, 0.1) is 0 Å². The highest BCUT2D eigenvalue weighted by Crippen LogP contribution is 2.09. The van der Waals surface area contributed by atoms with Gasteiger partial charge in [-0.2, -0.15) is 0 Å². The average molecular weight is 234 g/mol. The number of hydrogen-bond donors (Lipinski definition) is 1. The van der Waals surface area contributed by atoms with E-state index in [1.807, 2.05) is 0 Å². The molecule has 1 N–H and O–H groups in total. The summed E-state index contributed by atoms with van der Waals surface area (Å²) in [5.41, 5.74) is 0. The molecule has 2 heteroatoms. The van der Waals surface area contributed by atoms with Gasteiger partial charge in [0.25, 0.3) is 0 Å². The van der Waals surface area contributed by atoms with Crippen molar-refractivity contribution in [1.29, 1.82) is 0 Å². The van der Waals surface area contributed by atoms with Gasteiger partial charge in [0.2, 0.25) is 0 Å². The van der Waals surface area contributed by atoms with Crippen molar-refractivity contribution >= 4 is 15.9 Å². The summed E-state index contributed by atoms with van der Waals surface area (Å²) in [5.74, 6) is 0.816. The average Bonchev–Trinajstić information content (AvgIpc) is 2.00. The molecule has 2 atom stereocenters. The van der Waals surface area contributed by atoms with E-state index >= 15 is 0 Å². The largest absolute Gasteiger partial charge is 0.310 e. The first-order chi connectivity index (χ1) is 5.56. The predicted octanol–water partition coefficient (Wildman–Crippen LogP) is 3.31. The van der Waals surface area contributed by atoms with Crippen LogP contribution in [0.2, 0.25) is 0 Å². The Morgan fingerprint density at radius 3 is 2.50 bits per heavy atom. The fourth-order valence-electron chi connectivity index (χ4n) is 1.14. The van der Waals surface area contributed by atoms with Crippen molar-refractivity contribution < 1.29 is 0 Å². The molecule has 0 amide bonds. The molecule has 0 aliphatic heterocycles. The van der Waals surface area contributed by atoms with Crippen molar-refractivity contribution in [2.24, 2.45) is 5.92 Å². The smallest absolute Gasteiger partial charge is 0.0268 e. The SMILES string of the molecule is C=C(Br)CNC(C)CC(C)CC. The lowest BCUT2D eigenvalue weighted by molar-refractivity contribution is 0.423. The third-order valence-electron chi connectivity index (χ3n) is 2.10. The van der Waals surface area contributed by atoms with Gasteiger partial charge in [-0.3, -0.25) is 0 Å². The number of hydrogen-bond acceptors (Lipinski definition) is 1. The van der Waals surface area contributed by atoms with Gasteiger partial charge in [0.1, 0.15) is 0 Å². The fraction of sp³-hybridized carbons (Fsp3) is 0.800. The first-order valence-electron chi connectivity index (χ1n) is 4.62. The number of rotatable bonds is 6.